The number of aromatic nitrogens is 4. The Labute approximate surface area is 234 Å². The molecule has 0 radical (unpaired) electrons. The highest BCUT2D eigenvalue weighted by Gasteiger charge is 2.45. The average Bonchev–Trinajstić information content (AvgIpc) is 3.64. The average molecular weight is 570 g/mol. The summed E-state index contributed by atoms with van der Waals surface area (Å²) in [5.41, 5.74) is 9.30. The topological polar surface area (TPSA) is 201 Å². The maximum atomic E-state index is 12.4. The van der Waals surface area contributed by atoms with E-state index in [2.05, 4.69) is 15.0 Å². The fourth-order valence-electron chi connectivity index (χ4n) is 5.11. The van der Waals surface area contributed by atoms with Crippen LogP contribution in [0.15, 0.2) is 24.3 Å². The molecule has 2 aliphatic rings. The van der Waals surface area contributed by atoms with E-state index in [0.29, 0.717) is 34.5 Å². The Bertz CT molecular complexity index is 1540. The first-order valence-corrected chi connectivity index (χ1v) is 13.0. The molecule has 41 heavy (non-hydrogen) atoms. The van der Waals surface area contributed by atoms with E-state index in [-0.39, 0.29) is 43.2 Å². The number of esters is 2. The molecule has 4 heterocycles. The number of ether oxygens (including phenoxy) is 4. The van der Waals surface area contributed by atoms with Crippen molar-refractivity contribution in [3.63, 3.8) is 0 Å². The fourth-order valence-corrected chi connectivity index (χ4v) is 5.11. The van der Waals surface area contributed by atoms with E-state index in [1.165, 1.54) is 24.3 Å². The molecule has 218 valence electrons. The van der Waals surface area contributed by atoms with Gasteiger partial charge in [0.1, 0.15) is 60.4 Å². The quantitative estimate of drug-likeness (QED) is 0.212. The van der Waals surface area contributed by atoms with E-state index in [1.807, 2.05) is 19.9 Å². The van der Waals surface area contributed by atoms with E-state index in [0.717, 1.165) is 11.1 Å². The monoisotopic (exact) mass is 569 g/mol. The van der Waals surface area contributed by atoms with Crippen molar-refractivity contribution in [3.05, 3.63) is 46.6 Å². The minimum absolute atomic E-state index is 0.0537. The number of imidazole rings is 1. The molecule has 1 saturated heterocycles. The molecule has 0 amide bonds. The number of aromatic hydroxyl groups is 1. The number of cyclic esters (lactones) is 1. The third-order valence-electron chi connectivity index (χ3n) is 7.43. The van der Waals surface area contributed by atoms with Gasteiger partial charge in [-0.15, -0.1) is 0 Å². The molecule has 5 rings (SSSR count). The first-order chi connectivity index (χ1) is 19.6. The highest BCUT2D eigenvalue weighted by Crippen LogP contribution is 2.42. The summed E-state index contributed by atoms with van der Waals surface area (Å²) in [6, 6.07) is 0. The van der Waals surface area contributed by atoms with Crippen molar-refractivity contribution in [2.45, 2.75) is 64.3 Å². The Hall–Kier alpha value is -4.27. The van der Waals surface area contributed by atoms with Crippen molar-refractivity contribution in [3.8, 4) is 11.5 Å². The third-order valence-corrected chi connectivity index (χ3v) is 7.43. The zero-order valence-corrected chi connectivity index (χ0v) is 22.7. The third kappa shape index (κ3) is 5.16. The van der Waals surface area contributed by atoms with E-state index >= 15 is 0 Å². The number of nitrogens with two attached hydrogens (primary N) is 1. The first-order valence-electron chi connectivity index (χ1n) is 13.0. The Morgan fingerprint density at radius 3 is 2.78 bits per heavy atom. The number of aliphatic hydroxyl groups excluding tert-OH is 2. The molecular weight excluding hydrogens is 538 g/mol. The fraction of sp³-hybridized carbons (Fsp3) is 0.444. The van der Waals surface area contributed by atoms with Gasteiger partial charge in [0, 0.05) is 17.5 Å². The maximum absolute atomic E-state index is 12.4. The summed E-state index contributed by atoms with van der Waals surface area (Å²) in [7, 11) is 1.50. The number of nitrogen functional groups attached to an aromatic ring is 1. The molecule has 0 spiro atoms. The highest BCUT2D eigenvalue weighted by atomic mass is 16.6. The van der Waals surface area contributed by atoms with Crippen molar-refractivity contribution in [1.29, 1.82) is 0 Å². The van der Waals surface area contributed by atoms with Crippen LogP contribution in [0.3, 0.4) is 0 Å². The Morgan fingerprint density at radius 1 is 1.24 bits per heavy atom. The highest BCUT2D eigenvalue weighted by molar-refractivity contribution is 5.98. The predicted molar refractivity (Wildman–Crippen MR) is 142 cm³/mol. The van der Waals surface area contributed by atoms with Gasteiger partial charge in [-0.2, -0.15) is 0 Å². The maximum Gasteiger partial charge on any atom is 0.342 e. The lowest BCUT2D eigenvalue weighted by molar-refractivity contribution is -0.150. The summed E-state index contributed by atoms with van der Waals surface area (Å²) in [5.74, 6) is -0.599. The van der Waals surface area contributed by atoms with Crippen molar-refractivity contribution >= 4 is 28.9 Å². The standard InChI is InChI=1S/C27H31N5O9/c1-12(4-6-14-20(34)18-15(8-40-27(18)37)13(2)23(14)38-3)5-7-17(33)39-9-16-21(35)22(36)26(41-16)32-11-31-19-24(28)29-10-30-25(19)32/h4,10-11,16,21-22,26,34-36H,5-9H2,1-3H3,(H2,28,29,30)/b12-4+/t16-,21-,22-,26-/m1/s1. The number of fused-ring (bicyclic) bond motifs is 2. The van der Waals surface area contributed by atoms with Gasteiger partial charge in [-0.05, 0) is 32.3 Å². The second-order valence-electron chi connectivity index (χ2n) is 9.98. The van der Waals surface area contributed by atoms with Gasteiger partial charge in [0.15, 0.2) is 17.7 Å². The molecule has 1 fully saturated rings. The van der Waals surface area contributed by atoms with Crippen LogP contribution < -0.4 is 10.5 Å². The van der Waals surface area contributed by atoms with Crippen LogP contribution in [0.25, 0.3) is 11.2 Å². The van der Waals surface area contributed by atoms with Gasteiger partial charge in [-0.25, -0.2) is 19.7 Å². The SMILES string of the molecule is COc1c(C)c2c(c(O)c1C/C=C(\C)CCC(=O)OC[C@H]1O[C@@H](n3cnc4c(N)ncnc43)[C@H](O)[C@@H]1O)C(=O)OC2. The number of carbonyl (C=O) groups excluding carboxylic acids is 2. The van der Waals surface area contributed by atoms with E-state index in [1.54, 1.807) is 0 Å². The Balaban J connectivity index is 1.16. The zero-order chi connectivity index (χ0) is 29.4. The van der Waals surface area contributed by atoms with Gasteiger partial charge in [-0.1, -0.05) is 11.6 Å². The summed E-state index contributed by atoms with van der Waals surface area (Å²) in [5, 5.41) is 31.8. The molecule has 0 bridgehead atoms. The molecule has 14 nitrogen and oxygen atoms in total. The second kappa shape index (κ2) is 11.3. The number of aliphatic hydroxyl groups is 2. The lowest BCUT2D eigenvalue weighted by Crippen LogP contribution is -2.34. The molecule has 4 atom stereocenters. The number of carbonyl (C=O) groups is 2. The number of rotatable bonds is 9. The number of methoxy groups -OCH3 is 1. The van der Waals surface area contributed by atoms with Crippen LogP contribution in [0, 0.1) is 6.92 Å². The summed E-state index contributed by atoms with van der Waals surface area (Å²) in [6.45, 7) is 3.47. The molecule has 14 heteroatoms. The second-order valence-corrected chi connectivity index (χ2v) is 9.98. The molecule has 3 aromatic rings. The number of phenols is 1. The molecule has 1 aromatic carbocycles. The van der Waals surface area contributed by atoms with Gasteiger partial charge in [-0.3, -0.25) is 9.36 Å². The number of phenolic OH excluding ortho intramolecular Hbond substituents is 1. The molecule has 5 N–H and O–H groups in total. The van der Waals surface area contributed by atoms with E-state index < -0.39 is 36.5 Å². The largest absolute Gasteiger partial charge is 0.507 e. The predicted octanol–water partition coefficient (Wildman–Crippen LogP) is 1.23. The van der Waals surface area contributed by atoms with Crippen LogP contribution in [0.1, 0.15) is 53.0 Å². The zero-order valence-electron chi connectivity index (χ0n) is 22.7. The van der Waals surface area contributed by atoms with Crippen LogP contribution in [-0.2, 0) is 32.0 Å². The summed E-state index contributed by atoms with van der Waals surface area (Å²) >= 11 is 0. The lowest BCUT2D eigenvalue weighted by Gasteiger charge is -2.16. The number of benzene rings is 1. The molecular formula is C27H31N5O9. The molecule has 2 aromatic heterocycles. The van der Waals surface area contributed by atoms with Crippen molar-refractivity contribution in [2.75, 3.05) is 19.5 Å². The van der Waals surface area contributed by atoms with Crippen molar-refractivity contribution in [2.24, 2.45) is 0 Å². The first kappa shape index (κ1) is 28.3. The number of nitrogens with zero attached hydrogens (tertiary/aromatic N) is 4. The van der Waals surface area contributed by atoms with Gasteiger partial charge in [0.05, 0.1) is 13.4 Å². The van der Waals surface area contributed by atoms with Crippen LogP contribution in [0.2, 0.25) is 0 Å². The minimum Gasteiger partial charge on any atom is -0.507 e. The lowest BCUT2D eigenvalue weighted by atomic mass is 9.94. The minimum atomic E-state index is -1.32. The number of hydrogen-bond acceptors (Lipinski definition) is 13. The van der Waals surface area contributed by atoms with Gasteiger partial charge in [0.2, 0.25) is 0 Å². The van der Waals surface area contributed by atoms with Crippen molar-refractivity contribution < 1.29 is 43.9 Å². The van der Waals surface area contributed by atoms with Crippen LogP contribution in [0.5, 0.6) is 11.5 Å². The van der Waals surface area contributed by atoms with Crippen LogP contribution >= 0.6 is 0 Å². The number of allylic oxidation sites excluding steroid dienone is 2. The van der Waals surface area contributed by atoms with Crippen molar-refractivity contribution in [1.82, 2.24) is 19.5 Å². The Morgan fingerprint density at radius 2 is 2.02 bits per heavy atom. The normalized spacial score (nSPS) is 22.2. The van der Waals surface area contributed by atoms with E-state index in [4.69, 9.17) is 24.7 Å². The van der Waals surface area contributed by atoms with Gasteiger partial charge in [0.25, 0.3) is 0 Å². The van der Waals surface area contributed by atoms with Crippen LogP contribution in [0.4, 0.5) is 5.82 Å². The number of anilines is 1. The number of hydrogen-bond donors (Lipinski definition) is 4. The molecule has 0 unspecified atom stereocenters. The smallest absolute Gasteiger partial charge is 0.342 e. The Kier molecular flexibility index (Phi) is 7.80. The summed E-state index contributed by atoms with van der Waals surface area (Å²) < 4.78 is 23.1. The molecule has 0 saturated carbocycles. The van der Waals surface area contributed by atoms with E-state index in [9.17, 15) is 24.9 Å². The van der Waals surface area contributed by atoms with Crippen LogP contribution in [-0.4, -0.2) is 78.8 Å². The summed E-state index contributed by atoms with van der Waals surface area (Å²) in [4.78, 5) is 36.7. The van der Waals surface area contributed by atoms with Gasteiger partial charge < -0.3 is 40.0 Å². The molecule has 2 aliphatic heterocycles. The molecule has 0 aliphatic carbocycles. The summed E-state index contributed by atoms with van der Waals surface area (Å²) in [6.07, 6.45) is 0.543. The van der Waals surface area contributed by atoms with Gasteiger partial charge >= 0.3 is 11.9 Å².